The lowest BCUT2D eigenvalue weighted by Gasteiger charge is -2.10. The molecule has 6 nitrogen and oxygen atoms in total. The number of aromatic nitrogens is 2. The number of hydrogen-bond acceptors (Lipinski definition) is 4. The van der Waals surface area contributed by atoms with Crippen LogP contribution in [0.25, 0.3) is 10.9 Å². The smallest absolute Gasteiger partial charge is 0.355 e. The van der Waals surface area contributed by atoms with E-state index in [0.717, 1.165) is 29.4 Å². The summed E-state index contributed by atoms with van der Waals surface area (Å²) < 4.78 is 37.0. The molecule has 0 bridgehead atoms. The van der Waals surface area contributed by atoms with Crippen molar-refractivity contribution in [3.05, 3.63) is 71.7 Å². The highest BCUT2D eigenvalue weighted by molar-refractivity contribution is 6.05. The van der Waals surface area contributed by atoms with Crippen LogP contribution in [0.3, 0.4) is 0 Å². The van der Waals surface area contributed by atoms with Crippen molar-refractivity contribution in [1.29, 1.82) is 0 Å². The van der Waals surface area contributed by atoms with E-state index in [4.69, 9.17) is 0 Å². The molecule has 0 unspecified atom stereocenters. The molecule has 0 aliphatic rings. The van der Waals surface area contributed by atoms with Crippen LogP contribution in [0.4, 0.5) is 13.2 Å². The van der Waals surface area contributed by atoms with E-state index in [1.165, 1.54) is 7.05 Å². The maximum Gasteiger partial charge on any atom is 0.417 e. The third kappa shape index (κ3) is 4.81. The van der Waals surface area contributed by atoms with Gasteiger partial charge in [-0.3, -0.25) is 19.6 Å². The second-order valence-electron chi connectivity index (χ2n) is 5.45. The van der Waals surface area contributed by atoms with Gasteiger partial charge < -0.3 is 10.6 Å². The van der Waals surface area contributed by atoms with Gasteiger partial charge in [-0.15, -0.1) is 0 Å². The molecule has 0 aliphatic carbocycles. The molecule has 0 saturated carbocycles. The second-order valence-corrected chi connectivity index (χ2v) is 5.45. The fourth-order valence-electron chi connectivity index (χ4n) is 2.39. The van der Waals surface area contributed by atoms with Crippen LogP contribution in [0.15, 0.2) is 55.0 Å². The lowest BCUT2D eigenvalue weighted by atomic mass is 10.1. The van der Waals surface area contributed by atoms with Crippen LogP contribution in [0, 0.1) is 0 Å². The van der Waals surface area contributed by atoms with Crippen LogP contribution in [0.5, 0.6) is 0 Å². The van der Waals surface area contributed by atoms with Crippen LogP contribution in [0.2, 0.25) is 0 Å². The number of pyridine rings is 2. The molecular weight excluding hydrogens is 373 g/mol. The molecule has 3 aromatic rings. The van der Waals surface area contributed by atoms with Crippen molar-refractivity contribution in [2.45, 2.75) is 6.18 Å². The topological polar surface area (TPSA) is 84.0 Å². The van der Waals surface area contributed by atoms with Crippen molar-refractivity contribution in [3.63, 3.8) is 0 Å². The van der Waals surface area contributed by atoms with Crippen LogP contribution in [-0.2, 0) is 6.18 Å². The summed E-state index contributed by atoms with van der Waals surface area (Å²) in [4.78, 5) is 30.2. The van der Waals surface area contributed by atoms with Crippen molar-refractivity contribution in [3.8, 4) is 0 Å². The van der Waals surface area contributed by atoms with E-state index in [1.807, 2.05) is 24.3 Å². The number of carbonyl (C=O) groups is 2. The number of para-hydroxylation sites is 1. The highest BCUT2D eigenvalue weighted by Crippen LogP contribution is 2.31. The molecule has 0 fully saturated rings. The molecule has 0 spiro atoms. The summed E-state index contributed by atoms with van der Waals surface area (Å²) in [7, 11) is 2.88. The molecule has 1 aromatic carbocycles. The molecule has 146 valence electrons. The van der Waals surface area contributed by atoms with Crippen LogP contribution in [0.1, 0.15) is 26.3 Å². The van der Waals surface area contributed by atoms with Crippen molar-refractivity contribution < 1.29 is 22.8 Å². The van der Waals surface area contributed by atoms with Gasteiger partial charge in [0.2, 0.25) is 0 Å². The number of rotatable bonds is 2. The standard InChI is InChI=1S/C11H10N2O.C8H7F3N2O/c1-12-11(14)9-6-7-13-10-5-3-2-4-8(9)10;1-12-7(14)5-4-13-3-2-6(5)8(9,10)11/h2-7H,1H3,(H,12,14);2-4H,1H3,(H,12,14). The van der Waals surface area contributed by atoms with Gasteiger partial charge in [-0.05, 0) is 18.2 Å². The van der Waals surface area contributed by atoms with Gasteiger partial charge in [0.15, 0.2) is 0 Å². The molecule has 2 aromatic heterocycles. The highest BCUT2D eigenvalue weighted by atomic mass is 19.4. The van der Waals surface area contributed by atoms with E-state index in [2.05, 4.69) is 20.6 Å². The monoisotopic (exact) mass is 390 g/mol. The zero-order chi connectivity index (χ0) is 20.7. The van der Waals surface area contributed by atoms with Gasteiger partial charge in [-0.25, -0.2) is 0 Å². The number of nitrogens with zero attached hydrogens (tertiary/aromatic N) is 2. The van der Waals surface area contributed by atoms with Gasteiger partial charge in [-0.1, -0.05) is 18.2 Å². The summed E-state index contributed by atoms with van der Waals surface area (Å²) in [5, 5.41) is 5.61. The molecule has 0 atom stereocenters. The predicted molar refractivity (Wildman–Crippen MR) is 97.8 cm³/mol. The average molecular weight is 390 g/mol. The average Bonchev–Trinajstić information content (AvgIpc) is 2.72. The quantitative estimate of drug-likeness (QED) is 0.705. The predicted octanol–water partition coefficient (Wildman–Crippen LogP) is 3.05. The van der Waals surface area contributed by atoms with Crippen molar-refractivity contribution in [2.24, 2.45) is 0 Å². The van der Waals surface area contributed by atoms with Gasteiger partial charge >= 0.3 is 6.18 Å². The molecule has 9 heteroatoms. The Morgan fingerprint density at radius 3 is 2.18 bits per heavy atom. The van der Waals surface area contributed by atoms with E-state index in [9.17, 15) is 22.8 Å². The minimum absolute atomic E-state index is 0.0800. The molecular formula is C19H17F3N4O2. The van der Waals surface area contributed by atoms with Gasteiger partial charge in [0.1, 0.15) is 0 Å². The third-order valence-corrected chi connectivity index (χ3v) is 3.72. The molecule has 28 heavy (non-hydrogen) atoms. The van der Waals surface area contributed by atoms with E-state index in [-0.39, 0.29) is 5.91 Å². The fraction of sp³-hybridized carbons (Fsp3) is 0.158. The van der Waals surface area contributed by atoms with Crippen LogP contribution in [-0.4, -0.2) is 35.9 Å². The van der Waals surface area contributed by atoms with Gasteiger partial charge in [-0.2, -0.15) is 13.2 Å². The van der Waals surface area contributed by atoms with Gasteiger partial charge in [0.25, 0.3) is 11.8 Å². The molecule has 2 amide bonds. The lowest BCUT2D eigenvalue weighted by Crippen LogP contribution is -2.22. The highest BCUT2D eigenvalue weighted by Gasteiger charge is 2.34. The Bertz CT molecular complexity index is 985. The van der Waals surface area contributed by atoms with Crippen molar-refractivity contribution in [2.75, 3.05) is 14.1 Å². The lowest BCUT2D eigenvalue weighted by molar-refractivity contribution is -0.138. The Hall–Kier alpha value is -3.49. The first-order valence-electron chi connectivity index (χ1n) is 8.08. The normalized spacial score (nSPS) is 10.6. The number of alkyl halides is 3. The first-order valence-corrected chi connectivity index (χ1v) is 8.08. The molecule has 0 saturated heterocycles. The molecule has 2 heterocycles. The van der Waals surface area contributed by atoms with E-state index < -0.39 is 23.2 Å². The minimum atomic E-state index is -4.54. The first kappa shape index (κ1) is 20.8. The van der Waals surface area contributed by atoms with E-state index in [1.54, 1.807) is 19.3 Å². The summed E-state index contributed by atoms with van der Waals surface area (Å²) in [5.74, 6) is -0.881. The second kappa shape index (κ2) is 8.94. The molecule has 0 radical (unpaired) electrons. The maximum atomic E-state index is 12.3. The molecule has 2 N–H and O–H groups in total. The number of amides is 2. The van der Waals surface area contributed by atoms with Gasteiger partial charge in [0, 0.05) is 38.1 Å². The minimum Gasteiger partial charge on any atom is -0.355 e. The van der Waals surface area contributed by atoms with E-state index in [0.29, 0.717) is 5.56 Å². The first-order chi connectivity index (χ1) is 13.3. The number of carbonyl (C=O) groups excluding carboxylic acids is 2. The molecule has 0 aliphatic heterocycles. The Kier molecular flexibility index (Phi) is 6.64. The summed E-state index contributed by atoms with van der Waals surface area (Å²) in [6, 6.07) is 10.1. The zero-order valence-electron chi connectivity index (χ0n) is 15.0. The fourth-order valence-corrected chi connectivity index (χ4v) is 2.39. The number of hydrogen-bond donors (Lipinski definition) is 2. The van der Waals surface area contributed by atoms with E-state index >= 15 is 0 Å². The Morgan fingerprint density at radius 1 is 0.893 bits per heavy atom. The Morgan fingerprint density at radius 2 is 1.54 bits per heavy atom. The Labute approximate surface area is 158 Å². The number of benzene rings is 1. The number of halogens is 3. The summed E-state index contributed by atoms with van der Waals surface area (Å²) in [6.45, 7) is 0. The zero-order valence-corrected chi connectivity index (χ0v) is 15.0. The third-order valence-electron chi connectivity index (χ3n) is 3.72. The largest absolute Gasteiger partial charge is 0.417 e. The van der Waals surface area contributed by atoms with Crippen molar-refractivity contribution >= 4 is 22.7 Å². The van der Waals surface area contributed by atoms with Crippen LogP contribution < -0.4 is 10.6 Å². The maximum absolute atomic E-state index is 12.3. The number of nitrogens with one attached hydrogen (secondary N) is 2. The Balaban J connectivity index is 0.000000200. The van der Waals surface area contributed by atoms with Crippen LogP contribution >= 0.6 is 0 Å². The van der Waals surface area contributed by atoms with Gasteiger partial charge in [0.05, 0.1) is 22.2 Å². The number of fused-ring (bicyclic) bond motifs is 1. The summed E-state index contributed by atoms with van der Waals surface area (Å²) in [5.41, 5.74) is 0.0565. The SMILES string of the molecule is CNC(=O)c1ccnc2ccccc12.CNC(=O)c1cnccc1C(F)(F)F. The molecule has 3 rings (SSSR count). The summed E-state index contributed by atoms with van der Waals surface area (Å²) in [6.07, 6.45) is -1.01. The van der Waals surface area contributed by atoms with Crippen molar-refractivity contribution in [1.82, 2.24) is 20.6 Å². The summed E-state index contributed by atoms with van der Waals surface area (Å²) >= 11 is 0.